The fourth-order valence-electron chi connectivity index (χ4n) is 1.92. The quantitative estimate of drug-likeness (QED) is 0.843. The largest absolute Gasteiger partial charge is 0.335 e. The van der Waals surface area contributed by atoms with E-state index in [2.05, 4.69) is 5.32 Å². The van der Waals surface area contributed by atoms with E-state index in [0.717, 1.165) is 12.1 Å². The summed E-state index contributed by atoms with van der Waals surface area (Å²) in [6, 6.07) is 6.26. The molecule has 100 valence electrons. The van der Waals surface area contributed by atoms with Crippen molar-refractivity contribution in [2.24, 2.45) is 0 Å². The summed E-state index contributed by atoms with van der Waals surface area (Å²) in [6.45, 7) is 7.63. The molecule has 1 rings (SSSR count). The summed E-state index contributed by atoms with van der Waals surface area (Å²) in [6.07, 6.45) is 0. The van der Waals surface area contributed by atoms with Crippen LogP contribution in [0.5, 0.6) is 0 Å². The molecule has 4 heteroatoms. The SMILES string of the molecule is CCNCC(=O)N(CC)C(C)c1ccc(F)cc1. The fraction of sp³-hybridized carbons (Fsp3) is 0.500. The minimum atomic E-state index is -0.257. The number of benzene rings is 1. The number of halogens is 1. The van der Waals surface area contributed by atoms with Crippen molar-refractivity contribution in [2.45, 2.75) is 26.8 Å². The molecule has 1 aromatic carbocycles. The lowest BCUT2D eigenvalue weighted by molar-refractivity contribution is -0.132. The number of likely N-dealkylation sites (N-methyl/N-ethyl adjacent to an activating group) is 2. The molecule has 1 amide bonds. The maximum absolute atomic E-state index is 12.9. The second-order valence-electron chi connectivity index (χ2n) is 4.19. The van der Waals surface area contributed by atoms with Gasteiger partial charge < -0.3 is 10.2 Å². The van der Waals surface area contributed by atoms with Gasteiger partial charge in [-0.05, 0) is 38.1 Å². The van der Waals surface area contributed by atoms with Crippen molar-refractivity contribution < 1.29 is 9.18 Å². The molecule has 1 unspecified atom stereocenters. The minimum Gasteiger partial charge on any atom is -0.335 e. The van der Waals surface area contributed by atoms with E-state index < -0.39 is 0 Å². The molecule has 0 saturated carbocycles. The van der Waals surface area contributed by atoms with E-state index in [4.69, 9.17) is 0 Å². The van der Waals surface area contributed by atoms with Gasteiger partial charge in [-0.1, -0.05) is 19.1 Å². The summed E-state index contributed by atoms with van der Waals surface area (Å²) >= 11 is 0. The number of hydrogen-bond acceptors (Lipinski definition) is 2. The van der Waals surface area contributed by atoms with Crippen molar-refractivity contribution in [1.29, 1.82) is 0 Å². The second kappa shape index (κ2) is 7.11. The number of carbonyl (C=O) groups is 1. The van der Waals surface area contributed by atoms with Crippen LogP contribution in [-0.2, 0) is 4.79 Å². The predicted molar refractivity (Wildman–Crippen MR) is 70.7 cm³/mol. The third-order valence-corrected chi connectivity index (χ3v) is 3.01. The van der Waals surface area contributed by atoms with Crippen molar-refractivity contribution in [1.82, 2.24) is 10.2 Å². The lowest BCUT2D eigenvalue weighted by Crippen LogP contribution is -2.39. The zero-order valence-electron chi connectivity index (χ0n) is 11.2. The molecule has 1 atom stereocenters. The Labute approximate surface area is 108 Å². The van der Waals surface area contributed by atoms with E-state index in [0.29, 0.717) is 13.1 Å². The molecule has 0 fully saturated rings. The van der Waals surface area contributed by atoms with E-state index in [9.17, 15) is 9.18 Å². The minimum absolute atomic E-state index is 0.0400. The molecule has 1 N–H and O–H groups in total. The smallest absolute Gasteiger partial charge is 0.237 e. The Hall–Kier alpha value is -1.42. The number of hydrogen-bond donors (Lipinski definition) is 1. The van der Waals surface area contributed by atoms with Crippen LogP contribution >= 0.6 is 0 Å². The molecule has 0 saturated heterocycles. The van der Waals surface area contributed by atoms with Gasteiger partial charge in [-0.2, -0.15) is 0 Å². The van der Waals surface area contributed by atoms with Crippen LogP contribution in [0.3, 0.4) is 0 Å². The predicted octanol–water partition coefficient (Wildman–Crippen LogP) is 2.34. The third-order valence-electron chi connectivity index (χ3n) is 3.01. The summed E-state index contributed by atoms with van der Waals surface area (Å²) in [5, 5.41) is 3.03. The summed E-state index contributed by atoms with van der Waals surface area (Å²) in [7, 11) is 0. The Kier molecular flexibility index (Phi) is 5.78. The van der Waals surface area contributed by atoms with Crippen LogP contribution in [0.2, 0.25) is 0 Å². The number of carbonyl (C=O) groups excluding carboxylic acids is 1. The molecule has 0 radical (unpaired) electrons. The maximum Gasteiger partial charge on any atom is 0.237 e. The number of amides is 1. The van der Waals surface area contributed by atoms with Crippen LogP contribution in [0.4, 0.5) is 4.39 Å². The highest BCUT2D eigenvalue weighted by Gasteiger charge is 2.19. The molecule has 18 heavy (non-hydrogen) atoms. The molecule has 3 nitrogen and oxygen atoms in total. The number of rotatable bonds is 6. The first kappa shape index (κ1) is 14.6. The highest BCUT2D eigenvalue weighted by molar-refractivity contribution is 5.78. The molecule has 0 aliphatic heterocycles. The molecule has 0 aromatic heterocycles. The Morgan fingerprint density at radius 3 is 2.44 bits per heavy atom. The first-order valence-corrected chi connectivity index (χ1v) is 6.35. The standard InChI is InChI=1S/C14H21FN2O/c1-4-16-10-14(18)17(5-2)11(3)12-6-8-13(15)9-7-12/h6-9,11,16H,4-5,10H2,1-3H3. The van der Waals surface area contributed by atoms with E-state index in [1.165, 1.54) is 12.1 Å². The lowest BCUT2D eigenvalue weighted by Gasteiger charge is -2.28. The number of nitrogens with zero attached hydrogens (tertiary/aromatic N) is 1. The third kappa shape index (κ3) is 3.81. The van der Waals surface area contributed by atoms with Gasteiger partial charge in [0.1, 0.15) is 5.82 Å². The second-order valence-corrected chi connectivity index (χ2v) is 4.19. The topological polar surface area (TPSA) is 32.3 Å². The zero-order valence-corrected chi connectivity index (χ0v) is 11.2. The van der Waals surface area contributed by atoms with Gasteiger partial charge in [0.05, 0.1) is 12.6 Å². The van der Waals surface area contributed by atoms with Gasteiger partial charge in [0.25, 0.3) is 0 Å². The Morgan fingerprint density at radius 1 is 1.33 bits per heavy atom. The lowest BCUT2D eigenvalue weighted by atomic mass is 10.1. The highest BCUT2D eigenvalue weighted by atomic mass is 19.1. The summed E-state index contributed by atoms with van der Waals surface area (Å²) in [5.74, 6) is -0.191. The van der Waals surface area contributed by atoms with Crippen LogP contribution in [0.25, 0.3) is 0 Å². The van der Waals surface area contributed by atoms with Crippen molar-refractivity contribution in [2.75, 3.05) is 19.6 Å². The Morgan fingerprint density at radius 2 is 1.94 bits per heavy atom. The van der Waals surface area contributed by atoms with Crippen molar-refractivity contribution in [3.8, 4) is 0 Å². The molecule has 1 aromatic rings. The van der Waals surface area contributed by atoms with Crippen LogP contribution in [-0.4, -0.2) is 30.4 Å². The van der Waals surface area contributed by atoms with Crippen LogP contribution in [0.1, 0.15) is 32.4 Å². The summed E-state index contributed by atoms with van der Waals surface area (Å²) in [4.78, 5) is 13.8. The van der Waals surface area contributed by atoms with Crippen molar-refractivity contribution >= 4 is 5.91 Å². The summed E-state index contributed by atoms with van der Waals surface area (Å²) in [5.41, 5.74) is 0.947. The van der Waals surface area contributed by atoms with Gasteiger partial charge >= 0.3 is 0 Å². The highest BCUT2D eigenvalue weighted by Crippen LogP contribution is 2.20. The monoisotopic (exact) mass is 252 g/mol. The van der Waals surface area contributed by atoms with Gasteiger partial charge in [0.15, 0.2) is 0 Å². The Balaban J connectivity index is 2.75. The number of nitrogens with one attached hydrogen (secondary N) is 1. The normalized spacial score (nSPS) is 12.2. The molecular formula is C14H21FN2O. The molecule has 0 spiro atoms. The molecule has 0 heterocycles. The fourth-order valence-corrected chi connectivity index (χ4v) is 1.92. The van der Waals surface area contributed by atoms with E-state index in [1.807, 2.05) is 20.8 Å². The van der Waals surface area contributed by atoms with E-state index in [1.54, 1.807) is 17.0 Å². The van der Waals surface area contributed by atoms with Crippen LogP contribution < -0.4 is 5.32 Å². The van der Waals surface area contributed by atoms with E-state index in [-0.39, 0.29) is 17.8 Å². The average molecular weight is 252 g/mol. The first-order chi connectivity index (χ1) is 8.60. The van der Waals surface area contributed by atoms with Gasteiger partial charge in [-0.25, -0.2) is 4.39 Å². The Bertz CT molecular complexity index is 378. The maximum atomic E-state index is 12.9. The van der Waals surface area contributed by atoms with Gasteiger partial charge in [-0.15, -0.1) is 0 Å². The molecule has 0 aliphatic rings. The van der Waals surface area contributed by atoms with Crippen molar-refractivity contribution in [3.05, 3.63) is 35.6 Å². The van der Waals surface area contributed by atoms with Crippen LogP contribution in [0.15, 0.2) is 24.3 Å². The molecule has 0 bridgehead atoms. The van der Waals surface area contributed by atoms with Crippen molar-refractivity contribution in [3.63, 3.8) is 0 Å². The molecule has 0 aliphatic carbocycles. The first-order valence-electron chi connectivity index (χ1n) is 6.35. The summed E-state index contributed by atoms with van der Waals surface area (Å²) < 4.78 is 12.9. The molecular weight excluding hydrogens is 231 g/mol. The van der Waals surface area contributed by atoms with Gasteiger partial charge in [0.2, 0.25) is 5.91 Å². The zero-order chi connectivity index (χ0) is 13.5. The average Bonchev–Trinajstić information content (AvgIpc) is 2.37. The van der Waals surface area contributed by atoms with E-state index >= 15 is 0 Å². The van der Waals surface area contributed by atoms with Gasteiger partial charge in [0, 0.05) is 6.54 Å². The van der Waals surface area contributed by atoms with Crippen LogP contribution in [0, 0.1) is 5.82 Å². The van der Waals surface area contributed by atoms with Gasteiger partial charge in [-0.3, -0.25) is 4.79 Å².